The van der Waals surface area contributed by atoms with Crippen LogP contribution in [0.2, 0.25) is 0 Å². The summed E-state index contributed by atoms with van der Waals surface area (Å²) in [5, 5.41) is 10.8. The minimum atomic E-state index is -4.35. The molecule has 4 rings (SSSR count). The number of thiazole rings is 1. The molecule has 2 aliphatic rings. The van der Waals surface area contributed by atoms with E-state index < -0.39 is 12.8 Å². The Morgan fingerprint density at radius 2 is 1.97 bits per heavy atom. The fourth-order valence-electron chi connectivity index (χ4n) is 4.60. The molecule has 0 spiro atoms. The second kappa shape index (κ2) is 11.0. The first-order valence-electron chi connectivity index (χ1n) is 11.7. The van der Waals surface area contributed by atoms with E-state index in [0.717, 1.165) is 75.2 Å². The van der Waals surface area contributed by atoms with Crippen LogP contribution < -0.4 is 10.1 Å². The third kappa shape index (κ3) is 7.39. The third-order valence-electron chi connectivity index (χ3n) is 6.38. The zero-order valence-corrected chi connectivity index (χ0v) is 20.0. The molecule has 2 aromatic rings. The SMILES string of the molecule is Cc1nnc(CC(=O)N[C@H]2CC[C@H](CCN3CCc4nc(OCC(F)(F)F)sc4CC3)CC2)o1. The van der Waals surface area contributed by atoms with Crippen LogP contribution in [-0.2, 0) is 24.1 Å². The molecule has 0 atom stereocenters. The fourth-order valence-corrected chi connectivity index (χ4v) is 5.54. The minimum absolute atomic E-state index is 0.0790. The van der Waals surface area contributed by atoms with Gasteiger partial charge >= 0.3 is 6.18 Å². The molecule has 1 N–H and O–H groups in total. The number of hydrogen-bond acceptors (Lipinski definition) is 8. The van der Waals surface area contributed by atoms with E-state index in [-0.39, 0.29) is 23.6 Å². The molecule has 0 aromatic carbocycles. The van der Waals surface area contributed by atoms with E-state index in [9.17, 15) is 18.0 Å². The van der Waals surface area contributed by atoms with Gasteiger partial charge in [-0.15, -0.1) is 10.2 Å². The molecule has 34 heavy (non-hydrogen) atoms. The first-order valence-corrected chi connectivity index (χ1v) is 12.5. The number of hydrogen-bond donors (Lipinski definition) is 1. The van der Waals surface area contributed by atoms with Gasteiger partial charge in [0.1, 0.15) is 6.42 Å². The van der Waals surface area contributed by atoms with Gasteiger partial charge in [0.25, 0.3) is 5.19 Å². The van der Waals surface area contributed by atoms with Crippen LogP contribution in [0.5, 0.6) is 5.19 Å². The number of nitrogens with one attached hydrogen (secondary N) is 1. The summed E-state index contributed by atoms with van der Waals surface area (Å²) in [5.74, 6) is 1.37. The van der Waals surface area contributed by atoms with Crippen molar-refractivity contribution in [3.8, 4) is 5.19 Å². The Labute approximate surface area is 200 Å². The highest BCUT2D eigenvalue weighted by atomic mass is 32.1. The van der Waals surface area contributed by atoms with Crippen LogP contribution in [0, 0.1) is 12.8 Å². The molecule has 1 fully saturated rings. The van der Waals surface area contributed by atoms with Gasteiger partial charge in [-0.2, -0.15) is 13.2 Å². The molecule has 0 unspecified atom stereocenters. The van der Waals surface area contributed by atoms with Crippen molar-refractivity contribution in [2.75, 3.05) is 26.2 Å². The van der Waals surface area contributed by atoms with Gasteiger partial charge in [0.2, 0.25) is 17.7 Å². The lowest BCUT2D eigenvalue weighted by Gasteiger charge is -2.30. The summed E-state index contributed by atoms with van der Waals surface area (Å²) in [7, 11) is 0. The molecule has 8 nitrogen and oxygen atoms in total. The second-order valence-corrected chi connectivity index (χ2v) is 10.1. The van der Waals surface area contributed by atoms with Gasteiger partial charge in [0.15, 0.2) is 6.61 Å². The van der Waals surface area contributed by atoms with Crippen molar-refractivity contribution in [1.82, 2.24) is 25.4 Å². The zero-order valence-electron chi connectivity index (χ0n) is 19.2. The Morgan fingerprint density at radius 3 is 2.68 bits per heavy atom. The number of carbonyl (C=O) groups is 1. The molecule has 0 saturated heterocycles. The number of rotatable bonds is 8. The highest BCUT2D eigenvalue weighted by Gasteiger charge is 2.30. The molecule has 1 aliphatic carbocycles. The summed E-state index contributed by atoms with van der Waals surface area (Å²) in [4.78, 5) is 19.9. The van der Waals surface area contributed by atoms with Crippen LogP contribution in [0.15, 0.2) is 4.42 Å². The number of aromatic nitrogens is 3. The molecular formula is C22H30F3N5O3S. The van der Waals surface area contributed by atoms with Crippen molar-refractivity contribution < 1.29 is 27.1 Å². The Kier molecular flexibility index (Phi) is 8.07. The molecule has 0 radical (unpaired) electrons. The second-order valence-electron chi connectivity index (χ2n) is 9.06. The Hall–Kier alpha value is -2.21. The maximum Gasteiger partial charge on any atom is 0.422 e. The van der Waals surface area contributed by atoms with Crippen LogP contribution in [0.3, 0.4) is 0 Å². The predicted molar refractivity (Wildman–Crippen MR) is 119 cm³/mol. The van der Waals surface area contributed by atoms with Gasteiger partial charge in [-0.3, -0.25) is 4.79 Å². The largest absolute Gasteiger partial charge is 0.460 e. The van der Waals surface area contributed by atoms with Crippen LogP contribution in [0.1, 0.15) is 54.5 Å². The van der Waals surface area contributed by atoms with Gasteiger partial charge in [0.05, 0.1) is 5.69 Å². The molecule has 2 aromatic heterocycles. The number of alkyl halides is 3. The molecule has 3 heterocycles. The Bertz CT molecular complexity index is 930. The van der Waals surface area contributed by atoms with Crippen LogP contribution in [0.4, 0.5) is 13.2 Å². The van der Waals surface area contributed by atoms with E-state index in [2.05, 4.69) is 25.4 Å². The van der Waals surface area contributed by atoms with Crippen molar-refractivity contribution in [1.29, 1.82) is 0 Å². The monoisotopic (exact) mass is 501 g/mol. The predicted octanol–water partition coefficient (Wildman–Crippen LogP) is 3.48. The molecule has 1 saturated carbocycles. The Morgan fingerprint density at radius 1 is 1.21 bits per heavy atom. The number of fused-ring (bicyclic) bond motifs is 1. The lowest BCUT2D eigenvalue weighted by atomic mass is 9.84. The van der Waals surface area contributed by atoms with Crippen LogP contribution in [-0.4, -0.2) is 64.4 Å². The summed E-state index contributed by atoms with van der Waals surface area (Å²) in [6.45, 7) is 3.15. The first kappa shape index (κ1) is 24.9. The molecule has 0 bridgehead atoms. The van der Waals surface area contributed by atoms with E-state index in [4.69, 9.17) is 9.15 Å². The van der Waals surface area contributed by atoms with Crippen molar-refractivity contribution in [2.45, 2.75) is 70.5 Å². The number of amides is 1. The quantitative estimate of drug-likeness (QED) is 0.592. The van der Waals surface area contributed by atoms with Gasteiger partial charge in [-0.25, -0.2) is 4.98 Å². The van der Waals surface area contributed by atoms with E-state index in [0.29, 0.717) is 17.7 Å². The maximum atomic E-state index is 12.4. The topological polar surface area (TPSA) is 93.4 Å². The van der Waals surface area contributed by atoms with E-state index in [1.165, 1.54) is 11.3 Å². The van der Waals surface area contributed by atoms with E-state index in [1.54, 1.807) is 6.92 Å². The molecular weight excluding hydrogens is 471 g/mol. The molecule has 1 aliphatic heterocycles. The third-order valence-corrected chi connectivity index (χ3v) is 7.45. The summed E-state index contributed by atoms with van der Waals surface area (Å²) in [6.07, 6.45) is 2.54. The molecule has 188 valence electrons. The van der Waals surface area contributed by atoms with Gasteiger partial charge < -0.3 is 19.4 Å². The summed E-state index contributed by atoms with van der Waals surface area (Å²) in [5.41, 5.74) is 0.872. The molecule has 12 heteroatoms. The van der Waals surface area contributed by atoms with Gasteiger partial charge in [-0.05, 0) is 51.0 Å². The van der Waals surface area contributed by atoms with Crippen molar-refractivity contribution in [3.63, 3.8) is 0 Å². The van der Waals surface area contributed by atoms with Crippen molar-refractivity contribution in [2.24, 2.45) is 5.92 Å². The maximum absolute atomic E-state index is 12.4. The highest BCUT2D eigenvalue weighted by molar-refractivity contribution is 7.13. The molecule has 1 amide bonds. The summed E-state index contributed by atoms with van der Waals surface area (Å²) in [6, 6.07) is 0.196. The first-order chi connectivity index (χ1) is 16.2. The number of halogens is 3. The van der Waals surface area contributed by atoms with Gasteiger partial charge in [-0.1, -0.05) is 11.3 Å². The Balaban J connectivity index is 1.13. The normalized spacial score (nSPS) is 21.6. The zero-order chi connectivity index (χ0) is 24.1. The number of ether oxygens (including phenoxy) is 1. The van der Waals surface area contributed by atoms with Crippen LogP contribution in [0.25, 0.3) is 0 Å². The van der Waals surface area contributed by atoms with E-state index in [1.807, 2.05) is 0 Å². The van der Waals surface area contributed by atoms with Gasteiger partial charge in [0, 0.05) is 37.4 Å². The summed E-state index contributed by atoms with van der Waals surface area (Å²) >= 11 is 1.24. The standard InChI is InChI=1S/C22H30F3N5O3S/c1-14-28-29-20(33-14)12-19(31)26-16-4-2-15(3-5-16)6-9-30-10-7-17-18(8-11-30)34-21(27-17)32-13-22(23,24)25/h15-16H,2-13H2,1H3,(H,26,31)/t15-,16-. The minimum Gasteiger partial charge on any atom is -0.460 e. The number of carbonyl (C=O) groups excluding carboxylic acids is 1. The van der Waals surface area contributed by atoms with Crippen molar-refractivity contribution >= 4 is 17.2 Å². The number of nitrogens with zero attached hydrogens (tertiary/aromatic N) is 4. The van der Waals surface area contributed by atoms with E-state index >= 15 is 0 Å². The lowest BCUT2D eigenvalue weighted by Crippen LogP contribution is -2.39. The average molecular weight is 502 g/mol. The lowest BCUT2D eigenvalue weighted by molar-refractivity contribution is -0.153. The smallest absolute Gasteiger partial charge is 0.422 e. The number of aryl methyl sites for hydroxylation is 1. The van der Waals surface area contributed by atoms with Crippen molar-refractivity contribution in [3.05, 3.63) is 22.4 Å². The average Bonchev–Trinajstić information content (AvgIpc) is 3.32. The highest BCUT2D eigenvalue weighted by Crippen LogP contribution is 2.31. The fraction of sp³-hybridized carbons (Fsp3) is 0.727. The van der Waals surface area contributed by atoms with Crippen LogP contribution >= 0.6 is 11.3 Å². The summed E-state index contributed by atoms with van der Waals surface area (Å²) < 4.78 is 47.1.